The van der Waals surface area contributed by atoms with E-state index in [0.717, 1.165) is 29.7 Å². The van der Waals surface area contributed by atoms with Crippen LogP contribution >= 0.6 is 0 Å². The Labute approximate surface area is 119 Å². The predicted molar refractivity (Wildman–Crippen MR) is 78.5 cm³/mol. The maximum absolute atomic E-state index is 5.91. The highest BCUT2D eigenvalue weighted by molar-refractivity contribution is 5.56. The third-order valence-corrected chi connectivity index (χ3v) is 4.03. The van der Waals surface area contributed by atoms with E-state index in [9.17, 15) is 0 Å². The summed E-state index contributed by atoms with van der Waals surface area (Å²) in [6.45, 7) is 0.851. The lowest BCUT2D eigenvalue weighted by molar-refractivity contribution is 0.209. The van der Waals surface area contributed by atoms with Crippen molar-refractivity contribution in [3.63, 3.8) is 0 Å². The van der Waals surface area contributed by atoms with E-state index in [1.54, 1.807) is 11.0 Å². The van der Waals surface area contributed by atoms with Gasteiger partial charge in [-0.2, -0.15) is 5.10 Å². The molecule has 0 atom stereocenters. The summed E-state index contributed by atoms with van der Waals surface area (Å²) in [6.07, 6.45) is 8.32. The molecule has 106 valence electrons. The molecular formula is C16H21N3O. The molecule has 1 heterocycles. The average Bonchev–Trinajstić information content (AvgIpc) is 2.93. The van der Waals surface area contributed by atoms with E-state index < -0.39 is 0 Å². The number of hydrogen-bond donors (Lipinski definition) is 0. The van der Waals surface area contributed by atoms with Crippen molar-refractivity contribution in [1.29, 1.82) is 0 Å². The summed E-state index contributed by atoms with van der Waals surface area (Å²) in [7, 11) is 1.90. The highest BCUT2D eigenvalue weighted by atomic mass is 16.5. The molecule has 0 N–H and O–H groups in total. The molecule has 1 saturated carbocycles. The molecule has 0 unspecified atom stereocenters. The molecule has 0 spiro atoms. The SMILES string of the molecule is Cn1ncnc1-c1ccc(OCC2CCCCC2)cc1. The van der Waals surface area contributed by atoms with Crippen molar-refractivity contribution in [3.05, 3.63) is 30.6 Å². The van der Waals surface area contributed by atoms with Gasteiger partial charge in [0.05, 0.1) is 6.61 Å². The van der Waals surface area contributed by atoms with Crippen molar-refractivity contribution in [2.45, 2.75) is 32.1 Å². The minimum Gasteiger partial charge on any atom is -0.493 e. The monoisotopic (exact) mass is 271 g/mol. The molecule has 0 amide bonds. The van der Waals surface area contributed by atoms with Gasteiger partial charge in [0.2, 0.25) is 0 Å². The van der Waals surface area contributed by atoms with Gasteiger partial charge >= 0.3 is 0 Å². The number of hydrogen-bond acceptors (Lipinski definition) is 3. The van der Waals surface area contributed by atoms with Gasteiger partial charge in [-0.3, -0.25) is 0 Å². The smallest absolute Gasteiger partial charge is 0.157 e. The molecule has 0 bridgehead atoms. The van der Waals surface area contributed by atoms with Crippen LogP contribution in [0, 0.1) is 5.92 Å². The Kier molecular flexibility index (Phi) is 4.00. The van der Waals surface area contributed by atoms with Crippen molar-refractivity contribution in [3.8, 4) is 17.1 Å². The fourth-order valence-electron chi connectivity index (χ4n) is 2.83. The quantitative estimate of drug-likeness (QED) is 0.855. The third kappa shape index (κ3) is 3.00. The summed E-state index contributed by atoms with van der Waals surface area (Å²) in [4.78, 5) is 4.25. The summed E-state index contributed by atoms with van der Waals surface area (Å²) >= 11 is 0. The first-order chi connectivity index (χ1) is 9.83. The highest BCUT2D eigenvalue weighted by Gasteiger charge is 2.14. The van der Waals surface area contributed by atoms with E-state index in [1.807, 2.05) is 31.3 Å². The number of benzene rings is 1. The summed E-state index contributed by atoms with van der Waals surface area (Å²) in [5.41, 5.74) is 1.06. The van der Waals surface area contributed by atoms with Crippen LogP contribution < -0.4 is 4.74 Å². The van der Waals surface area contributed by atoms with Gasteiger partial charge in [-0.25, -0.2) is 9.67 Å². The second-order valence-electron chi connectivity index (χ2n) is 5.55. The first-order valence-corrected chi connectivity index (χ1v) is 7.40. The fraction of sp³-hybridized carbons (Fsp3) is 0.500. The number of ether oxygens (including phenoxy) is 1. The molecule has 1 aromatic heterocycles. The largest absolute Gasteiger partial charge is 0.493 e. The lowest BCUT2D eigenvalue weighted by Gasteiger charge is -2.21. The molecule has 2 aromatic rings. The number of aryl methyl sites for hydroxylation is 1. The normalized spacial score (nSPS) is 16.2. The fourth-order valence-corrected chi connectivity index (χ4v) is 2.83. The highest BCUT2D eigenvalue weighted by Crippen LogP contribution is 2.25. The van der Waals surface area contributed by atoms with Gasteiger partial charge in [0.25, 0.3) is 0 Å². The molecular weight excluding hydrogens is 250 g/mol. The van der Waals surface area contributed by atoms with Crippen LogP contribution in [0.3, 0.4) is 0 Å². The van der Waals surface area contributed by atoms with Crippen LogP contribution in [0.25, 0.3) is 11.4 Å². The van der Waals surface area contributed by atoms with Crippen LogP contribution in [0.1, 0.15) is 32.1 Å². The zero-order valence-corrected chi connectivity index (χ0v) is 12.0. The van der Waals surface area contributed by atoms with Gasteiger partial charge in [-0.1, -0.05) is 19.3 Å². The third-order valence-electron chi connectivity index (χ3n) is 4.03. The molecule has 0 radical (unpaired) electrons. The van der Waals surface area contributed by atoms with Gasteiger partial charge in [0.15, 0.2) is 5.82 Å². The van der Waals surface area contributed by atoms with Crippen molar-refractivity contribution in [2.75, 3.05) is 6.61 Å². The van der Waals surface area contributed by atoms with Crippen LogP contribution in [0.15, 0.2) is 30.6 Å². The van der Waals surface area contributed by atoms with Crippen LogP contribution in [0.5, 0.6) is 5.75 Å². The topological polar surface area (TPSA) is 39.9 Å². The van der Waals surface area contributed by atoms with Gasteiger partial charge in [0, 0.05) is 12.6 Å². The Morgan fingerprint density at radius 2 is 1.90 bits per heavy atom. The summed E-state index contributed by atoms with van der Waals surface area (Å²) in [5, 5.41) is 4.09. The number of aromatic nitrogens is 3. The van der Waals surface area contributed by atoms with Crippen LogP contribution in [0.4, 0.5) is 0 Å². The average molecular weight is 271 g/mol. The van der Waals surface area contributed by atoms with E-state index in [4.69, 9.17) is 4.74 Å². The van der Waals surface area contributed by atoms with Gasteiger partial charge in [-0.05, 0) is 43.0 Å². The second kappa shape index (κ2) is 6.07. The molecule has 1 aliphatic carbocycles. The lowest BCUT2D eigenvalue weighted by Crippen LogP contribution is -2.15. The van der Waals surface area contributed by atoms with E-state index in [-0.39, 0.29) is 0 Å². The van der Waals surface area contributed by atoms with Crippen LogP contribution in [-0.2, 0) is 7.05 Å². The molecule has 20 heavy (non-hydrogen) atoms. The molecule has 0 aliphatic heterocycles. The van der Waals surface area contributed by atoms with Gasteiger partial charge in [0.1, 0.15) is 12.1 Å². The molecule has 4 nitrogen and oxygen atoms in total. The number of nitrogens with zero attached hydrogens (tertiary/aromatic N) is 3. The molecule has 1 aliphatic rings. The first-order valence-electron chi connectivity index (χ1n) is 7.40. The minimum atomic E-state index is 0.738. The summed E-state index contributed by atoms with van der Waals surface area (Å²) in [6, 6.07) is 8.13. The van der Waals surface area contributed by atoms with E-state index in [1.165, 1.54) is 32.1 Å². The summed E-state index contributed by atoms with van der Waals surface area (Å²) < 4.78 is 7.68. The Morgan fingerprint density at radius 1 is 1.15 bits per heavy atom. The molecule has 3 rings (SSSR count). The second-order valence-corrected chi connectivity index (χ2v) is 5.55. The number of rotatable bonds is 4. The predicted octanol–water partition coefficient (Wildman–Crippen LogP) is 3.44. The zero-order chi connectivity index (χ0) is 13.8. The van der Waals surface area contributed by atoms with Crippen molar-refractivity contribution >= 4 is 0 Å². The van der Waals surface area contributed by atoms with Crippen molar-refractivity contribution in [2.24, 2.45) is 13.0 Å². The Hall–Kier alpha value is -1.84. The minimum absolute atomic E-state index is 0.738. The standard InChI is InChI=1S/C16H21N3O/c1-19-16(17-12-18-19)14-7-9-15(10-8-14)20-11-13-5-3-2-4-6-13/h7-10,12-13H,2-6,11H2,1H3. The van der Waals surface area contributed by atoms with Crippen LogP contribution in [-0.4, -0.2) is 21.4 Å². The van der Waals surface area contributed by atoms with E-state index in [2.05, 4.69) is 10.1 Å². The first kappa shape index (κ1) is 13.2. The zero-order valence-electron chi connectivity index (χ0n) is 12.0. The van der Waals surface area contributed by atoms with E-state index in [0.29, 0.717) is 0 Å². The van der Waals surface area contributed by atoms with Gasteiger partial charge < -0.3 is 4.74 Å². The van der Waals surface area contributed by atoms with Crippen molar-refractivity contribution < 1.29 is 4.74 Å². The molecule has 1 aromatic carbocycles. The molecule has 0 saturated heterocycles. The van der Waals surface area contributed by atoms with E-state index >= 15 is 0 Å². The maximum Gasteiger partial charge on any atom is 0.157 e. The molecule has 4 heteroatoms. The maximum atomic E-state index is 5.91. The Bertz CT molecular complexity index is 541. The lowest BCUT2D eigenvalue weighted by atomic mass is 9.90. The Balaban J connectivity index is 1.60. The Morgan fingerprint density at radius 3 is 2.55 bits per heavy atom. The van der Waals surface area contributed by atoms with Gasteiger partial charge in [-0.15, -0.1) is 0 Å². The van der Waals surface area contributed by atoms with Crippen LogP contribution in [0.2, 0.25) is 0 Å². The molecule has 1 fully saturated rings. The summed E-state index contributed by atoms with van der Waals surface area (Å²) in [5.74, 6) is 2.56. The van der Waals surface area contributed by atoms with Crippen molar-refractivity contribution in [1.82, 2.24) is 14.8 Å².